The maximum absolute atomic E-state index is 9.66. The van der Waals surface area contributed by atoms with E-state index in [2.05, 4.69) is 20.2 Å². The lowest BCUT2D eigenvalue weighted by atomic mass is 10.3. The minimum Gasteiger partial charge on any atom is -0.478 e. The molecule has 0 aromatic carbocycles. The molecule has 0 amide bonds. The van der Waals surface area contributed by atoms with E-state index in [1.807, 2.05) is 26.0 Å². The Hall–Kier alpha value is -1.82. The average molecular weight is 292 g/mol. The molecule has 1 aromatic heterocycles. The third kappa shape index (κ3) is 4.32. The Labute approximate surface area is 125 Å². The van der Waals surface area contributed by atoms with Crippen molar-refractivity contribution in [3.63, 3.8) is 0 Å². The van der Waals surface area contributed by atoms with Crippen LogP contribution >= 0.6 is 0 Å². The lowest BCUT2D eigenvalue weighted by molar-refractivity contribution is 0.188. The highest BCUT2D eigenvalue weighted by Gasteiger charge is 2.22. The number of likely N-dealkylation sites (tertiary alicyclic amines) is 1. The lowest BCUT2D eigenvalue weighted by Gasteiger charge is -2.21. The van der Waals surface area contributed by atoms with Gasteiger partial charge in [0, 0.05) is 31.4 Å². The van der Waals surface area contributed by atoms with Gasteiger partial charge in [0.1, 0.15) is 0 Å². The van der Waals surface area contributed by atoms with Gasteiger partial charge in [-0.2, -0.15) is 0 Å². The fourth-order valence-corrected chi connectivity index (χ4v) is 2.33. The van der Waals surface area contributed by atoms with Gasteiger partial charge in [0.25, 0.3) is 0 Å². The molecule has 0 unspecified atom stereocenters. The molecule has 2 N–H and O–H groups in total. The zero-order valence-electron chi connectivity index (χ0n) is 12.7. The SMILES string of the molecule is CCNC(=NCc1cccnc1OCC)N1CC[C@@H](O)C1. The predicted molar refractivity (Wildman–Crippen MR) is 82.4 cm³/mol. The second-order valence-corrected chi connectivity index (χ2v) is 4.96. The number of ether oxygens (including phenoxy) is 1. The van der Waals surface area contributed by atoms with E-state index in [1.165, 1.54) is 0 Å². The first kappa shape index (κ1) is 15.6. The van der Waals surface area contributed by atoms with E-state index in [0.717, 1.165) is 31.0 Å². The monoisotopic (exact) mass is 292 g/mol. The molecule has 1 saturated heterocycles. The number of guanidine groups is 1. The first-order chi connectivity index (χ1) is 10.2. The molecule has 0 bridgehead atoms. The van der Waals surface area contributed by atoms with Crippen molar-refractivity contribution >= 4 is 5.96 Å². The number of nitrogens with zero attached hydrogens (tertiary/aromatic N) is 3. The quantitative estimate of drug-likeness (QED) is 0.626. The van der Waals surface area contributed by atoms with Crippen molar-refractivity contribution in [2.75, 3.05) is 26.2 Å². The molecule has 21 heavy (non-hydrogen) atoms. The summed E-state index contributed by atoms with van der Waals surface area (Å²) in [6.07, 6.45) is 2.26. The van der Waals surface area contributed by atoms with Crippen LogP contribution in [-0.4, -0.2) is 53.3 Å². The fraction of sp³-hybridized carbons (Fsp3) is 0.600. The van der Waals surface area contributed by atoms with Gasteiger partial charge < -0.3 is 20.1 Å². The van der Waals surface area contributed by atoms with Gasteiger partial charge in [0.05, 0.1) is 19.3 Å². The maximum atomic E-state index is 9.66. The van der Waals surface area contributed by atoms with Crippen LogP contribution in [0.2, 0.25) is 0 Å². The van der Waals surface area contributed by atoms with Crippen molar-refractivity contribution in [2.24, 2.45) is 4.99 Å². The van der Waals surface area contributed by atoms with Crippen LogP contribution in [0.5, 0.6) is 5.88 Å². The summed E-state index contributed by atoms with van der Waals surface area (Å²) in [4.78, 5) is 11.0. The molecule has 1 aromatic rings. The molecule has 0 spiro atoms. The van der Waals surface area contributed by atoms with E-state index in [9.17, 15) is 5.11 Å². The molecule has 6 heteroatoms. The molecule has 0 aliphatic carbocycles. The van der Waals surface area contributed by atoms with Crippen LogP contribution in [0, 0.1) is 0 Å². The fourth-order valence-electron chi connectivity index (χ4n) is 2.33. The zero-order chi connectivity index (χ0) is 15.1. The summed E-state index contributed by atoms with van der Waals surface area (Å²) in [5, 5.41) is 12.9. The molecule has 2 heterocycles. The highest BCUT2D eigenvalue weighted by atomic mass is 16.5. The first-order valence-electron chi connectivity index (χ1n) is 7.52. The van der Waals surface area contributed by atoms with Gasteiger partial charge in [-0.1, -0.05) is 6.07 Å². The summed E-state index contributed by atoms with van der Waals surface area (Å²) in [6, 6.07) is 3.86. The van der Waals surface area contributed by atoms with E-state index >= 15 is 0 Å². The third-order valence-corrected chi connectivity index (χ3v) is 3.33. The van der Waals surface area contributed by atoms with E-state index in [0.29, 0.717) is 25.6 Å². The smallest absolute Gasteiger partial charge is 0.218 e. The second-order valence-electron chi connectivity index (χ2n) is 4.96. The van der Waals surface area contributed by atoms with Gasteiger partial charge in [0.15, 0.2) is 5.96 Å². The minimum atomic E-state index is -0.258. The first-order valence-corrected chi connectivity index (χ1v) is 7.52. The topological polar surface area (TPSA) is 70.0 Å². The summed E-state index contributed by atoms with van der Waals surface area (Å²) in [5.74, 6) is 1.47. The summed E-state index contributed by atoms with van der Waals surface area (Å²) in [7, 11) is 0. The molecular formula is C15H24N4O2. The number of hydrogen-bond donors (Lipinski definition) is 2. The Morgan fingerprint density at radius 3 is 3.10 bits per heavy atom. The van der Waals surface area contributed by atoms with E-state index < -0.39 is 0 Å². The highest BCUT2D eigenvalue weighted by Crippen LogP contribution is 2.16. The summed E-state index contributed by atoms with van der Waals surface area (Å²) < 4.78 is 5.52. The molecule has 6 nitrogen and oxygen atoms in total. The van der Waals surface area contributed by atoms with E-state index in [1.54, 1.807) is 6.20 Å². The highest BCUT2D eigenvalue weighted by molar-refractivity contribution is 5.80. The van der Waals surface area contributed by atoms with Crippen molar-refractivity contribution in [1.29, 1.82) is 0 Å². The van der Waals surface area contributed by atoms with Gasteiger partial charge in [-0.25, -0.2) is 9.98 Å². The largest absolute Gasteiger partial charge is 0.478 e. The number of β-amino-alcohol motifs (C(OH)–C–C–N with tert-alkyl or cyclic N) is 1. The number of rotatable bonds is 5. The number of aliphatic hydroxyl groups excluding tert-OH is 1. The molecule has 0 radical (unpaired) electrons. The minimum absolute atomic E-state index is 0.258. The number of aliphatic hydroxyl groups is 1. The van der Waals surface area contributed by atoms with Crippen molar-refractivity contribution in [3.8, 4) is 5.88 Å². The average Bonchev–Trinajstić information content (AvgIpc) is 2.91. The molecule has 1 aliphatic heterocycles. The molecule has 0 saturated carbocycles. The normalized spacial score (nSPS) is 18.9. The number of aliphatic imine (C=N–C) groups is 1. The van der Waals surface area contributed by atoms with Crippen molar-refractivity contribution in [2.45, 2.75) is 32.9 Å². The van der Waals surface area contributed by atoms with Crippen LogP contribution in [0.15, 0.2) is 23.3 Å². The van der Waals surface area contributed by atoms with Crippen LogP contribution in [-0.2, 0) is 6.54 Å². The Kier molecular flexibility index (Phi) is 5.80. The maximum Gasteiger partial charge on any atom is 0.218 e. The Bertz CT molecular complexity index is 478. The van der Waals surface area contributed by atoms with Crippen LogP contribution in [0.1, 0.15) is 25.8 Å². The van der Waals surface area contributed by atoms with Crippen LogP contribution < -0.4 is 10.1 Å². The summed E-state index contributed by atoms with van der Waals surface area (Å²) in [6.45, 7) is 7.35. The van der Waals surface area contributed by atoms with Gasteiger partial charge in [-0.3, -0.25) is 0 Å². The van der Waals surface area contributed by atoms with Gasteiger partial charge in [0.2, 0.25) is 5.88 Å². The molecule has 1 fully saturated rings. The van der Waals surface area contributed by atoms with Gasteiger partial charge in [-0.15, -0.1) is 0 Å². The summed E-state index contributed by atoms with van der Waals surface area (Å²) >= 11 is 0. The molecular weight excluding hydrogens is 268 g/mol. The number of pyridine rings is 1. The second kappa shape index (κ2) is 7.83. The third-order valence-electron chi connectivity index (χ3n) is 3.33. The van der Waals surface area contributed by atoms with E-state index in [4.69, 9.17) is 4.74 Å². The van der Waals surface area contributed by atoms with Crippen molar-refractivity contribution < 1.29 is 9.84 Å². The lowest BCUT2D eigenvalue weighted by Crippen LogP contribution is -2.40. The predicted octanol–water partition coefficient (Wildman–Crippen LogP) is 1.01. The molecule has 2 rings (SSSR count). The van der Waals surface area contributed by atoms with Gasteiger partial charge in [-0.05, 0) is 26.3 Å². The summed E-state index contributed by atoms with van der Waals surface area (Å²) in [5.41, 5.74) is 0.967. The van der Waals surface area contributed by atoms with E-state index in [-0.39, 0.29) is 6.10 Å². The molecule has 116 valence electrons. The van der Waals surface area contributed by atoms with Crippen molar-refractivity contribution in [3.05, 3.63) is 23.9 Å². The number of nitrogens with one attached hydrogen (secondary N) is 1. The number of hydrogen-bond acceptors (Lipinski definition) is 4. The van der Waals surface area contributed by atoms with Crippen LogP contribution in [0.25, 0.3) is 0 Å². The molecule has 1 aliphatic rings. The molecule has 1 atom stereocenters. The standard InChI is InChI=1S/C15H24N4O2/c1-3-16-15(19-9-7-13(20)11-19)18-10-12-6-5-8-17-14(12)21-4-2/h5-6,8,13,20H,3-4,7,9-11H2,1-2H3,(H,16,18)/t13-/m1/s1. The van der Waals surface area contributed by atoms with Crippen LogP contribution in [0.3, 0.4) is 0 Å². The number of aromatic nitrogens is 1. The Morgan fingerprint density at radius 1 is 1.57 bits per heavy atom. The Balaban J connectivity index is 2.08. The van der Waals surface area contributed by atoms with Crippen molar-refractivity contribution in [1.82, 2.24) is 15.2 Å². The van der Waals surface area contributed by atoms with Crippen LogP contribution in [0.4, 0.5) is 0 Å². The Morgan fingerprint density at radius 2 is 2.43 bits per heavy atom. The van der Waals surface area contributed by atoms with Gasteiger partial charge >= 0.3 is 0 Å². The zero-order valence-corrected chi connectivity index (χ0v) is 12.7.